The number of carbonyl (C=O) groups excluding carboxylic acids is 1. The highest BCUT2D eigenvalue weighted by atomic mass is 16.6. The molecule has 0 spiro atoms. The largest absolute Gasteiger partial charge is 0.481 e. The van der Waals surface area contributed by atoms with Crippen LogP contribution < -0.4 is 0 Å². The average molecular weight is 230 g/mol. The van der Waals surface area contributed by atoms with Crippen molar-refractivity contribution in [1.82, 2.24) is 0 Å². The molecule has 1 atom stereocenters. The number of carbonyl (C=O) groups is 2. The number of esters is 1. The van der Waals surface area contributed by atoms with Crippen LogP contribution in [0.1, 0.15) is 47.5 Å². The molecule has 0 saturated carbocycles. The molecule has 0 unspecified atom stereocenters. The zero-order valence-corrected chi connectivity index (χ0v) is 10.7. The zero-order valence-electron chi connectivity index (χ0n) is 10.7. The van der Waals surface area contributed by atoms with Crippen LogP contribution in [0.15, 0.2) is 0 Å². The lowest BCUT2D eigenvalue weighted by atomic mass is 9.94. The van der Waals surface area contributed by atoms with Gasteiger partial charge in [-0.3, -0.25) is 9.59 Å². The van der Waals surface area contributed by atoms with E-state index in [1.54, 1.807) is 20.8 Å². The second kappa shape index (κ2) is 5.87. The molecule has 0 aliphatic carbocycles. The van der Waals surface area contributed by atoms with Gasteiger partial charge in [-0.2, -0.15) is 0 Å². The van der Waals surface area contributed by atoms with E-state index in [0.29, 0.717) is 6.42 Å². The van der Waals surface area contributed by atoms with Crippen LogP contribution in [0, 0.1) is 11.8 Å². The number of carboxylic acid groups (broad SMARTS) is 1. The molecule has 0 fully saturated rings. The van der Waals surface area contributed by atoms with E-state index in [2.05, 4.69) is 0 Å². The summed E-state index contributed by atoms with van der Waals surface area (Å²) >= 11 is 0. The van der Waals surface area contributed by atoms with Gasteiger partial charge in [0.2, 0.25) is 0 Å². The second-order valence-corrected chi connectivity index (χ2v) is 5.46. The summed E-state index contributed by atoms with van der Waals surface area (Å²) in [5.74, 6) is -1.64. The first kappa shape index (κ1) is 14.9. The second-order valence-electron chi connectivity index (χ2n) is 5.46. The van der Waals surface area contributed by atoms with Crippen LogP contribution in [0.5, 0.6) is 0 Å². The first-order valence-corrected chi connectivity index (χ1v) is 5.56. The molecular weight excluding hydrogens is 208 g/mol. The molecule has 16 heavy (non-hydrogen) atoms. The summed E-state index contributed by atoms with van der Waals surface area (Å²) < 4.78 is 5.20. The van der Waals surface area contributed by atoms with Crippen LogP contribution in [0.25, 0.3) is 0 Å². The Morgan fingerprint density at radius 2 is 1.75 bits per heavy atom. The molecule has 4 heteroatoms. The molecule has 0 bridgehead atoms. The summed E-state index contributed by atoms with van der Waals surface area (Å²) in [6.45, 7) is 9.24. The summed E-state index contributed by atoms with van der Waals surface area (Å²) in [6, 6.07) is 0. The van der Waals surface area contributed by atoms with Crippen molar-refractivity contribution < 1.29 is 19.4 Å². The van der Waals surface area contributed by atoms with Crippen LogP contribution in [-0.4, -0.2) is 22.6 Å². The third-order valence-corrected chi connectivity index (χ3v) is 1.92. The number of carboxylic acids is 1. The minimum absolute atomic E-state index is 0.160. The Bertz CT molecular complexity index is 250. The predicted molar refractivity (Wildman–Crippen MR) is 61.0 cm³/mol. The van der Waals surface area contributed by atoms with Crippen molar-refractivity contribution in [1.29, 1.82) is 0 Å². The van der Waals surface area contributed by atoms with Crippen molar-refractivity contribution >= 4 is 11.9 Å². The highest BCUT2D eigenvalue weighted by Gasteiger charge is 2.27. The molecule has 4 nitrogen and oxygen atoms in total. The minimum atomic E-state index is -0.962. The lowest BCUT2D eigenvalue weighted by Gasteiger charge is -2.24. The van der Waals surface area contributed by atoms with Crippen LogP contribution >= 0.6 is 0 Å². The van der Waals surface area contributed by atoms with E-state index in [1.165, 1.54) is 0 Å². The van der Waals surface area contributed by atoms with Gasteiger partial charge in [-0.15, -0.1) is 0 Å². The quantitative estimate of drug-likeness (QED) is 0.737. The Hall–Kier alpha value is -1.06. The van der Waals surface area contributed by atoms with Crippen molar-refractivity contribution in [2.75, 3.05) is 0 Å². The molecule has 1 N–H and O–H groups in total. The van der Waals surface area contributed by atoms with Crippen molar-refractivity contribution in [3.8, 4) is 0 Å². The molecule has 0 aromatic carbocycles. The third kappa shape index (κ3) is 7.26. The van der Waals surface area contributed by atoms with Crippen molar-refractivity contribution in [2.45, 2.75) is 53.1 Å². The van der Waals surface area contributed by atoms with E-state index in [9.17, 15) is 9.59 Å². The van der Waals surface area contributed by atoms with Gasteiger partial charge in [0.1, 0.15) is 5.60 Å². The first-order chi connectivity index (χ1) is 7.11. The standard InChI is InChI=1S/C12H22O4/c1-8(2)6-9(7-10(13)14)11(15)16-12(3,4)5/h8-9H,6-7H2,1-5H3,(H,13,14)/t9-/m0/s1. The zero-order chi connectivity index (χ0) is 12.9. The normalized spacial score (nSPS) is 13.6. The SMILES string of the molecule is CC(C)C[C@@H](CC(=O)O)C(=O)OC(C)(C)C. The van der Waals surface area contributed by atoms with E-state index in [1.807, 2.05) is 13.8 Å². The monoisotopic (exact) mass is 230 g/mol. The van der Waals surface area contributed by atoms with Crippen molar-refractivity contribution in [3.63, 3.8) is 0 Å². The van der Waals surface area contributed by atoms with Crippen LogP contribution in [0.4, 0.5) is 0 Å². The summed E-state index contributed by atoms with van der Waals surface area (Å²) in [6.07, 6.45) is 0.383. The average Bonchev–Trinajstić information content (AvgIpc) is 1.97. The van der Waals surface area contributed by atoms with E-state index >= 15 is 0 Å². The molecule has 0 aliphatic heterocycles. The maximum Gasteiger partial charge on any atom is 0.310 e. The molecule has 0 radical (unpaired) electrons. The van der Waals surface area contributed by atoms with E-state index < -0.39 is 23.5 Å². The van der Waals surface area contributed by atoms with Gasteiger partial charge in [0.25, 0.3) is 0 Å². The maximum absolute atomic E-state index is 11.7. The van der Waals surface area contributed by atoms with Gasteiger partial charge in [0.05, 0.1) is 12.3 Å². The summed E-state index contributed by atoms with van der Waals surface area (Å²) in [7, 11) is 0. The smallest absolute Gasteiger partial charge is 0.310 e. The highest BCUT2D eigenvalue weighted by Crippen LogP contribution is 2.20. The molecule has 0 aromatic rings. The Kier molecular flexibility index (Phi) is 5.48. The lowest BCUT2D eigenvalue weighted by molar-refractivity contribution is -0.163. The Balaban J connectivity index is 4.49. The molecule has 0 aliphatic rings. The number of hydrogen-bond acceptors (Lipinski definition) is 3. The predicted octanol–water partition coefficient (Wildman–Crippen LogP) is 2.47. The van der Waals surface area contributed by atoms with Crippen LogP contribution in [0.2, 0.25) is 0 Å². The number of aliphatic carboxylic acids is 1. The topological polar surface area (TPSA) is 63.6 Å². The Labute approximate surface area is 97.0 Å². The number of ether oxygens (including phenoxy) is 1. The molecule has 0 heterocycles. The van der Waals surface area contributed by atoms with E-state index in [0.717, 1.165) is 0 Å². The highest BCUT2D eigenvalue weighted by molar-refractivity contribution is 5.79. The van der Waals surface area contributed by atoms with Gasteiger partial charge < -0.3 is 9.84 Å². The fourth-order valence-corrected chi connectivity index (χ4v) is 1.43. The molecule has 0 amide bonds. The van der Waals surface area contributed by atoms with Gasteiger partial charge in [-0.25, -0.2) is 0 Å². The molecule has 94 valence electrons. The van der Waals surface area contributed by atoms with Gasteiger partial charge in [0, 0.05) is 0 Å². The Morgan fingerprint density at radius 3 is 2.06 bits per heavy atom. The van der Waals surface area contributed by atoms with Gasteiger partial charge in [-0.05, 0) is 33.1 Å². The lowest BCUT2D eigenvalue weighted by Crippen LogP contribution is -2.30. The minimum Gasteiger partial charge on any atom is -0.481 e. The molecule has 0 aromatic heterocycles. The fourth-order valence-electron chi connectivity index (χ4n) is 1.43. The molecule has 0 rings (SSSR count). The van der Waals surface area contributed by atoms with Gasteiger partial charge >= 0.3 is 11.9 Å². The van der Waals surface area contributed by atoms with Gasteiger partial charge in [-0.1, -0.05) is 13.8 Å². The van der Waals surface area contributed by atoms with E-state index in [4.69, 9.17) is 9.84 Å². The van der Waals surface area contributed by atoms with Gasteiger partial charge in [0.15, 0.2) is 0 Å². The Morgan fingerprint density at radius 1 is 1.25 bits per heavy atom. The summed E-state index contributed by atoms with van der Waals surface area (Å²) in [5.41, 5.74) is -0.565. The maximum atomic E-state index is 11.7. The summed E-state index contributed by atoms with van der Waals surface area (Å²) in [5, 5.41) is 8.74. The van der Waals surface area contributed by atoms with Crippen LogP contribution in [-0.2, 0) is 14.3 Å². The number of rotatable bonds is 5. The fraction of sp³-hybridized carbons (Fsp3) is 0.833. The number of hydrogen-bond donors (Lipinski definition) is 1. The molecular formula is C12H22O4. The molecule has 0 saturated heterocycles. The van der Waals surface area contributed by atoms with Crippen molar-refractivity contribution in [2.24, 2.45) is 11.8 Å². The third-order valence-electron chi connectivity index (χ3n) is 1.92. The van der Waals surface area contributed by atoms with Crippen LogP contribution in [0.3, 0.4) is 0 Å². The van der Waals surface area contributed by atoms with Crippen molar-refractivity contribution in [3.05, 3.63) is 0 Å². The van der Waals surface area contributed by atoms with E-state index in [-0.39, 0.29) is 12.3 Å². The summed E-state index contributed by atoms with van der Waals surface area (Å²) in [4.78, 5) is 22.4. The first-order valence-electron chi connectivity index (χ1n) is 5.56.